The van der Waals surface area contributed by atoms with Gasteiger partial charge in [0.1, 0.15) is 5.69 Å². The van der Waals surface area contributed by atoms with Crippen LogP contribution in [-0.2, 0) is 14.8 Å². The quantitative estimate of drug-likeness (QED) is 0.537. The molecular weight excluding hydrogens is 408 g/mol. The van der Waals surface area contributed by atoms with Gasteiger partial charge in [0.15, 0.2) is 0 Å². The Balaban J connectivity index is 1.47. The van der Waals surface area contributed by atoms with Crippen LogP contribution in [0.3, 0.4) is 0 Å². The zero-order valence-corrected chi connectivity index (χ0v) is 18.0. The molecule has 1 aromatic carbocycles. The Morgan fingerprint density at radius 1 is 1.13 bits per heavy atom. The number of nitrogens with one attached hydrogen (secondary N) is 1. The van der Waals surface area contributed by atoms with E-state index in [2.05, 4.69) is 10.2 Å². The molecule has 0 aliphatic carbocycles. The van der Waals surface area contributed by atoms with E-state index in [1.807, 2.05) is 0 Å². The average molecular weight is 439 g/mol. The monoisotopic (exact) mass is 438 g/mol. The van der Waals surface area contributed by atoms with Crippen LogP contribution in [0.2, 0.25) is 0 Å². The number of nitro groups is 1. The molecular formula is C20H30N4O5S. The molecule has 9 nitrogen and oxygen atoms in total. The molecule has 3 aliphatic rings. The molecule has 3 heterocycles. The lowest BCUT2D eigenvalue weighted by molar-refractivity contribution is -0.384. The Morgan fingerprint density at radius 3 is 2.63 bits per heavy atom. The molecule has 30 heavy (non-hydrogen) atoms. The maximum Gasteiger partial charge on any atom is 0.293 e. The summed E-state index contributed by atoms with van der Waals surface area (Å²) in [5.41, 5.74) is 0.0997. The summed E-state index contributed by atoms with van der Waals surface area (Å²) in [4.78, 5) is 13.5. The lowest BCUT2D eigenvalue weighted by atomic mass is 10.2. The highest BCUT2D eigenvalue weighted by Crippen LogP contribution is 2.30. The van der Waals surface area contributed by atoms with Crippen LogP contribution in [0.15, 0.2) is 23.1 Å². The number of ether oxygens (including phenoxy) is 1. The van der Waals surface area contributed by atoms with Crippen molar-refractivity contribution in [1.82, 2.24) is 9.21 Å². The van der Waals surface area contributed by atoms with Gasteiger partial charge in [-0.25, -0.2) is 8.42 Å². The van der Waals surface area contributed by atoms with Gasteiger partial charge in [0.2, 0.25) is 10.0 Å². The maximum absolute atomic E-state index is 13.0. The van der Waals surface area contributed by atoms with Crippen LogP contribution in [0.1, 0.15) is 38.5 Å². The number of hydrogen-bond donors (Lipinski definition) is 1. The number of nitrogens with zero attached hydrogens (tertiary/aromatic N) is 3. The number of morpholine rings is 1. The van der Waals surface area contributed by atoms with Gasteiger partial charge < -0.3 is 10.1 Å². The van der Waals surface area contributed by atoms with Crippen molar-refractivity contribution in [2.45, 2.75) is 55.6 Å². The van der Waals surface area contributed by atoms with Crippen molar-refractivity contribution in [2.24, 2.45) is 0 Å². The average Bonchev–Trinajstić information content (AvgIpc) is 3.02. The zero-order valence-electron chi connectivity index (χ0n) is 17.2. The lowest BCUT2D eigenvalue weighted by Gasteiger charge is -2.35. The molecule has 0 amide bonds. The summed E-state index contributed by atoms with van der Waals surface area (Å²) in [5, 5.41) is 14.8. The van der Waals surface area contributed by atoms with Crippen molar-refractivity contribution in [3.8, 4) is 0 Å². The highest BCUT2D eigenvalue weighted by Gasteiger charge is 2.33. The van der Waals surface area contributed by atoms with Gasteiger partial charge in [-0.15, -0.1) is 0 Å². The van der Waals surface area contributed by atoms with Gasteiger partial charge in [-0.1, -0.05) is 12.8 Å². The number of nitro benzene ring substituents is 1. The van der Waals surface area contributed by atoms with Crippen molar-refractivity contribution in [2.75, 3.05) is 44.6 Å². The van der Waals surface area contributed by atoms with Gasteiger partial charge in [-0.3, -0.25) is 15.0 Å². The predicted octanol–water partition coefficient (Wildman–Crippen LogP) is 2.43. The van der Waals surface area contributed by atoms with Gasteiger partial charge in [0.05, 0.1) is 22.5 Å². The standard InChI is InChI=1S/C20H30N4O5S/c25-24(26)20-12-18(30(27,28)23-10-3-1-2-4-11-23)7-8-19(20)21-13-17-14-22-9-5-6-16(22)15-29-17/h7-8,12,16-17,21H,1-6,9-11,13-15H2/t16-,17+/m1/s1. The molecule has 0 bridgehead atoms. The van der Waals surface area contributed by atoms with Gasteiger partial charge in [-0.2, -0.15) is 4.31 Å². The smallest absolute Gasteiger partial charge is 0.293 e. The molecule has 10 heteroatoms. The number of sulfonamides is 1. The van der Waals surface area contributed by atoms with Crippen molar-refractivity contribution in [3.63, 3.8) is 0 Å². The Labute approximate surface area is 177 Å². The summed E-state index contributed by atoms with van der Waals surface area (Å²) < 4.78 is 33.3. The van der Waals surface area contributed by atoms with Crippen LogP contribution in [0.4, 0.5) is 11.4 Å². The third-order valence-electron chi connectivity index (χ3n) is 6.35. The van der Waals surface area contributed by atoms with E-state index in [9.17, 15) is 18.5 Å². The minimum Gasteiger partial charge on any atom is -0.377 e. The Hall–Kier alpha value is -1.75. The van der Waals surface area contributed by atoms with Crippen LogP contribution >= 0.6 is 0 Å². The van der Waals surface area contributed by atoms with E-state index in [1.54, 1.807) is 0 Å². The van der Waals surface area contributed by atoms with Crippen LogP contribution in [0.5, 0.6) is 0 Å². The Morgan fingerprint density at radius 2 is 1.90 bits per heavy atom. The van der Waals surface area contributed by atoms with E-state index in [-0.39, 0.29) is 16.7 Å². The van der Waals surface area contributed by atoms with Crippen molar-refractivity contribution in [3.05, 3.63) is 28.3 Å². The molecule has 0 spiro atoms. The second kappa shape index (κ2) is 9.17. The minimum atomic E-state index is -3.73. The van der Waals surface area contributed by atoms with Crippen LogP contribution in [0.25, 0.3) is 0 Å². The number of benzene rings is 1. The SMILES string of the molecule is O=[N+]([O-])c1cc(S(=O)(=O)N2CCCCCC2)ccc1NC[C@H]1CN2CCC[C@@H]2CO1. The Bertz CT molecular complexity index is 870. The summed E-state index contributed by atoms with van der Waals surface area (Å²) >= 11 is 0. The molecule has 0 unspecified atom stereocenters. The van der Waals surface area contributed by atoms with Gasteiger partial charge in [-0.05, 0) is 44.4 Å². The van der Waals surface area contributed by atoms with E-state index in [0.29, 0.717) is 38.0 Å². The van der Waals surface area contributed by atoms with Crippen molar-refractivity contribution in [1.29, 1.82) is 0 Å². The van der Waals surface area contributed by atoms with Crippen molar-refractivity contribution >= 4 is 21.4 Å². The fraction of sp³-hybridized carbons (Fsp3) is 0.700. The molecule has 0 radical (unpaired) electrons. The molecule has 0 aromatic heterocycles. The minimum absolute atomic E-state index is 0.0181. The normalized spacial score (nSPS) is 26.1. The molecule has 3 aliphatic heterocycles. The largest absolute Gasteiger partial charge is 0.377 e. The molecule has 3 fully saturated rings. The highest BCUT2D eigenvalue weighted by molar-refractivity contribution is 7.89. The van der Waals surface area contributed by atoms with E-state index in [1.165, 1.54) is 35.3 Å². The van der Waals surface area contributed by atoms with Crippen LogP contribution < -0.4 is 5.32 Å². The van der Waals surface area contributed by atoms with E-state index < -0.39 is 14.9 Å². The topological polar surface area (TPSA) is 105 Å². The summed E-state index contributed by atoms with van der Waals surface area (Å²) in [5.74, 6) is 0. The number of fused-ring (bicyclic) bond motifs is 1. The van der Waals surface area contributed by atoms with Gasteiger partial charge in [0.25, 0.3) is 5.69 Å². The third kappa shape index (κ3) is 4.61. The number of anilines is 1. The summed E-state index contributed by atoms with van der Waals surface area (Å²) in [6.45, 7) is 3.96. The number of hydrogen-bond acceptors (Lipinski definition) is 7. The first-order valence-corrected chi connectivity index (χ1v) is 12.3. The van der Waals surface area contributed by atoms with E-state index in [0.717, 1.165) is 38.8 Å². The molecule has 2 atom stereocenters. The summed E-state index contributed by atoms with van der Waals surface area (Å²) in [7, 11) is -3.73. The van der Waals surface area contributed by atoms with Crippen LogP contribution in [0, 0.1) is 10.1 Å². The fourth-order valence-electron chi connectivity index (χ4n) is 4.64. The zero-order chi connectivity index (χ0) is 21.1. The molecule has 3 saturated heterocycles. The second-order valence-electron chi connectivity index (χ2n) is 8.38. The molecule has 166 valence electrons. The molecule has 1 aromatic rings. The predicted molar refractivity (Wildman–Crippen MR) is 113 cm³/mol. The van der Waals surface area contributed by atoms with Crippen LogP contribution in [-0.4, -0.2) is 74.0 Å². The molecule has 1 N–H and O–H groups in total. The molecule has 4 rings (SSSR count). The van der Waals surface area contributed by atoms with E-state index >= 15 is 0 Å². The lowest BCUT2D eigenvalue weighted by Crippen LogP contribution is -2.48. The fourth-order valence-corrected chi connectivity index (χ4v) is 6.17. The van der Waals surface area contributed by atoms with E-state index in [4.69, 9.17) is 4.74 Å². The van der Waals surface area contributed by atoms with Crippen molar-refractivity contribution < 1.29 is 18.1 Å². The third-order valence-corrected chi connectivity index (χ3v) is 8.25. The first kappa shape index (κ1) is 21.5. The first-order chi connectivity index (χ1) is 14.4. The maximum atomic E-state index is 13.0. The summed E-state index contributed by atoms with van der Waals surface area (Å²) in [6.07, 6.45) is 5.97. The van der Waals surface area contributed by atoms with Gasteiger partial charge >= 0.3 is 0 Å². The summed E-state index contributed by atoms with van der Waals surface area (Å²) in [6, 6.07) is 4.65. The highest BCUT2D eigenvalue weighted by atomic mass is 32.2. The number of rotatable bonds is 6. The molecule has 0 saturated carbocycles. The Kier molecular flexibility index (Phi) is 6.57. The second-order valence-corrected chi connectivity index (χ2v) is 10.3. The van der Waals surface area contributed by atoms with Gasteiger partial charge in [0, 0.05) is 38.3 Å². The first-order valence-electron chi connectivity index (χ1n) is 10.8.